The van der Waals surface area contributed by atoms with E-state index in [0.29, 0.717) is 16.8 Å². The number of hydrogen-bond acceptors (Lipinski definition) is 4. The molecule has 0 saturated heterocycles. The Balaban J connectivity index is 2.29. The molecule has 0 spiro atoms. The van der Waals surface area contributed by atoms with Crippen LogP contribution in [0, 0.1) is 18.3 Å². The first kappa shape index (κ1) is 15.4. The van der Waals surface area contributed by atoms with Crippen molar-refractivity contribution >= 4 is 27.5 Å². The summed E-state index contributed by atoms with van der Waals surface area (Å²) in [5, 5.41) is 8.88. The number of sulfonamides is 1. The summed E-state index contributed by atoms with van der Waals surface area (Å²) in [4.78, 5) is 1.21. The molecule has 0 heterocycles. The van der Waals surface area contributed by atoms with Gasteiger partial charge in [-0.1, -0.05) is 0 Å². The lowest BCUT2D eigenvalue weighted by atomic mass is 10.1. The van der Waals surface area contributed by atoms with Crippen molar-refractivity contribution in [2.45, 2.75) is 16.7 Å². The molecule has 4 nitrogen and oxygen atoms in total. The maximum atomic E-state index is 12.3. The number of aryl methyl sites for hydroxylation is 1. The standard InChI is InChI=1S/C15H14N2O2S2/c1-11-9-15(8-3-12(11)10-16)21(18,19)17-13-4-6-14(20-2)7-5-13/h3-9,17H,1-2H3. The van der Waals surface area contributed by atoms with Gasteiger partial charge in [0.2, 0.25) is 0 Å². The Labute approximate surface area is 128 Å². The minimum atomic E-state index is -3.65. The molecule has 0 aliphatic carbocycles. The van der Waals surface area contributed by atoms with Crippen molar-refractivity contribution in [2.24, 2.45) is 0 Å². The highest BCUT2D eigenvalue weighted by Gasteiger charge is 2.15. The minimum absolute atomic E-state index is 0.146. The predicted octanol–water partition coefficient (Wildman–Crippen LogP) is 3.39. The maximum absolute atomic E-state index is 12.3. The third kappa shape index (κ3) is 3.57. The Kier molecular flexibility index (Phi) is 4.56. The average molecular weight is 318 g/mol. The molecule has 0 aliphatic rings. The number of nitrogens with zero attached hydrogens (tertiary/aromatic N) is 1. The molecular formula is C15H14N2O2S2. The Morgan fingerprint density at radius 1 is 1.14 bits per heavy atom. The summed E-state index contributed by atoms with van der Waals surface area (Å²) in [6.45, 7) is 1.71. The molecule has 1 N–H and O–H groups in total. The van der Waals surface area contributed by atoms with Gasteiger partial charge in [0.1, 0.15) is 0 Å². The largest absolute Gasteiger partial charge is 0.280 e. The van der Waals surface area contributed by atoms with E-state index < -0.39 is 10.0 Å². The van der Waals surface area contributed by atoms with E-state index in [9.17, 15) is 8.42 Å². The van der Waals surface area contributed by atoms with Crippen molar-refractivity contribution in [3.05, 3.63) is 53.6 Å². The van der Waals surface area contributed by atoms with E-state index in [1.165, 1.54) is 18.2 Å². The molecule has 0 bridgehead atoms. The fraction of sp³-hybridized carbons (Fsp3) is 0.133. The molecule has 0 radical (unpaired) electrons. The second-order valence-electron chi connectivity index (χ2n) is 4.42. The zero-order chi connectivity index (χ0) is 15.5. The molecule has 0 unspecified atom stereocenters. The van der Waals surface area contributed by atoms with Gasteiger partial charge in [-0.3, -0.25) is 4.72 Å². The average Bonchev–Trinajstić information content (AvgIpc) is 2.47. The van der Waals surface area contributed by atoms with E-state index in [0.717, 1.165) is 4.90 Å². The molecule has 2 aromatic rings. The topological polar surface area (TPSA) is 70.0 Å². The van der Waals surface area contributed by atoms with Gasteiger partial charge < -0.3 is 0 Å². The van der Waals surface area contributed by atoms with Crippen molar-refractivity contribution in [1.82, 2.24) is 0 Å². The lowest BCUT2D eigenvalue weighted by Crippen LogP contribution is -2.13. The molecule has 6 heteroatoms. The summed E-state index contributed by atoms with van der Waals surface area (Å²) < 4.78 is 27.1. The van der Waals surface area contributed by atoms with Crippen molar-refractivity contribution < 1.29 is 8.42 Å². The van der Waals surface area contributed by atoms with Gasteiger partial charge in [0.05, 0.1) is 16.5 Å². The molecule has 0 amide bonds. The smallest absolute Gasteiger partial charge is 0.261 e. The summed E-state index contributed by atoms with van der Waals surface area (Å²) in [6.07, 6.45) is 1.96. The van der Waals surface area contributed by atoms with Gasteiger partial charge in [-0.2, -0.15) is 5.26 Å². The zero-order valence-corrected chi connectivity index (χ0v) is 13.3. The Morgan fingerprint density at radius 3 is 2.33 bits per heavy atom. The van der Waals surface area contributed by atoms with E-state index in [1.54, 1.807) is 30.8 Å². The first-order chi connectivity index (χ1) is 9.96. The monoisotopic (exact) mass is 318 g/mol. The molecule has 0 aliphatic heterocycles. The van der Waals surface area contributed by atoms with Crippen LogP contribution >= 0.6 is 11.8 Å². The van der Waals surface area contributed by atoms with Crippen molar-refractivity contribution in [3.8, 4) is 6.07 Å². The molecule has 108 valence electrons. The predicted molar refractivity (Wildman–Crippen MR) is 84.9 cm³/mol. The fourth-order valence-electron chi connectivity index (χ4n) is 1.80. The van der Waals surface area contributed by atoms with Crippen LogP contribution in [-0.4, -0.2) is 14.7 Å². The molecule has 0 fully saturated rings. The zero-order valence-electron chi connectivity index (χ0n) is 11.6. The van der Waals surface area contributed by atoms with Crippen LogP contribution in [0.1, 0.15) is 11.1 Å². The van der Waals surface area contributed by atoms with E-state index in [4.69, 9.17) is 5.26 Å². The van der Waals surface area contributed by atoms with Gasteiger partial charge in [-0.05, 0) is 61.2 Å². The van der Waals surface area contributed by atoms with Crippen molar-refractivity contribution in [1.29, 1.82) is 5.26 Å². The Morgan fingerprint density at radius 2 is 1.81 bits per heavy atom. The fourth-order valence-corrected chi connectivity index (χ4v) is 3.35. The maximum Gasteiger partial charge on any atom is 0.261 e. The second kappa shape index (κ2) is 6.20. The van der Waals surface area contributed by atoms with Gasteiger partial charge in [-0.25, -0.2) is 8.42 Å². The highest BCUT2D eigenvalue weighted by molar-refractivity contribution is 7.98. The molecule has 21 heavy (non-hydrogen) atoms. The number of anilines is 1. The highest BCUT2D eigenvalue weighted by Crippen LogP contribution is 2.21. The first-order valence-electron chi connectivity index (χ1n) is 6.14. The molecule has 2 rings (SSSR count). The summed E-state index contributed by atoms with van der Waals surface area (Å²) in [6, 6.07) is 13.6. The van der Waals surface area contributed by atoms with Crippen LogP contribution in [0.2, 0.25) is 0 Å². The Bertz CT molecular complexity index is 791. The van der Waals surface area contributed by atoms with Gasteiger partial charge in [-0.15, -0.1) is 11.8 Å². The number of benzene rings is 2. The van der Waals surface area contributed by atoms with Gasteiger partial charge in [0.15, 0.2) is 0 Å². The number of rotatable bonds is 4. The summed E-state index contributed by atoms with van der Waals surface area (Å²) in [5.74, 6) is 0. The number of hydrogen-bond donors (Lipinski definition) is 1. The molecule has 2 aromatic carbocycles. The van der Waals surface area contributed by atoms with E-state index in [1.807, 2.05) is 24.5 Å². The summed E-state index contributed by atoms with van der Waals surface area (Å²) in [5.41, 5.74) is 1.62. The number of thioether (sulfide) groups is 1. The second-order valence-corrected chi connectivity index (χ2v) is 6.98. The van der Waals surface area contributed by atoms with Crippen LogP contribution in [0.5, 0.6) is 0 Å². The molecular weight excluding hydrogens is 304 g/mol. The SMILES string of the molecule is CSc1ccc(NS(=O)(=O)c2ccc(C#N)c(C)c2)cc1. The van der Waals surface area contributed by atoms with Crippen molar-refractivity contribution in [2.75, 3.05) is 11.0 Å². The van der Waals surface area contributed by atoms with Crippen LogP contribution in [0.25, 0.3) is 0 Å². The quantitative estimate of drug-likeness (QED) is 0.877. The van der Waals surface area contributed by atoms with Gasteiger partial charge >= 0.3 is 0 Å². The third-order valence-electron chi connectivity index (χ3n) is 2.97. The van der Waals surface area contributed by atoms with Crippen LogP contribution in [0.3, 0.4) is 0 Å². The van der Waals surface area contributed by atoms with Crippen LogP contribution in [-0.2, 0) is 10.0 Å². The molecule has 0 aromatic heterocycles. The first-order valence-corrected chi connectivity index (χ1v) is 8.84. The van der Waals surface area contributed by atoms with Crippen LogP contribution in [0.15, 0.2) is 52.3 Å². The van der Waals surface area contributed by atoms with Gasteiger partial charge in [0, 0.05) is 10.6 Å². The van der Waals surface area contributed by atoms with E-state index >= 15 is 0 Å². The van der Waals surface area contributed by atoms with Crippen LogP contribution in [0.4, 0.5) is 5.69 Å². The molecule has 0 saturated carbocycles. The summed E-state index contributed by atoms with van der Waals surface area (Å²) in [7, 11) is -3.65. The van der Waals surface area contributed by atoms with E-state index in [2.05, 4.69) is 4.72 Å². The number of nitriles is 1. The van der Waals surface area contributed by atoms with Crippen LogP contribution < -0.4 is 4.72 Å². The lowest BCUT2D eigenvalue weighted by Gasteiger charge is -2.09. The lowest BCUT2D eigenvalue weighted by molar-refractivity contribution is 0.601. The third-order valence-corrected chi connectivity index (χ3v) is 5.09. The molecule has 0 atom stereocenters. The summed E-state index contributed by atoms with van der Waals surface area (Å²) >= 11 is 1.59. The highest BCUT2D eigenvalue weighted by atomic mass is 32.2. The minimum Gasteiger partial charge on any atom is -0.280 e. The van der Waals surface area contributed by atoms with Gasteiger partial charge in [0.25, 0.3) is 10.0 Å². The van der Waals surface area contributed by atoms with E-state index in [-0.39, 0.29) is 4.90 Å². The van der Waals surface area contributed by atoms with Crippen molar-refractivity contribution in [3.63, 3.8) is 0 Å². The number of nitrogens with one attached hydrogen (secondary N) is 1. The Hall–Kier alpha value is -1.97. The normalized spacial score (nSPS) is 10.9.